The largest absolute Gasteiger partial charge is 0.492 e. The number of ether oxygens (including phenoxy) is 2. The van der Waals surface area contributed by atoms with Crippen LogP contribution in [0.1, 0.15) is 12.8 Å². The molecule has 0 spiro atoms. The number of amides is 1. The van der Waals surface area contributed by atoms with E-state index in [9.17, 15) is 21.6 Å². The Morgan fingerprint density at radius 3 is 2.15 bits per heavy atom. The third-order valence-electron chi connectivity index (χ3n) is 5.63. The number of rotatable bonds is 9. The maximum absolute atomic E-state index is 12.6. The number of nitrogens with one attached hydrogen (secondary N) is 1. The quantitative estimate of drug-likeness (QED) is 0.504. The molecule has 2 saturated heterocycles. The van der Waals surface area contributed by atoms with Gasteiger partial charge in [-0.15, -0.1) is 0 Å². The lowest BCUT2D eigenvalue weighted by Gasteiger charge is -2.26. The van der Waals surface area contributed by atoms with Crippen LogP contribution in [0.5, 0.6) is 5.75 Å². The van der Waals surface area contributed by atoms with Crippen LogP contribution in [-0.2, 0) is 29.6 Å². The molecular weight excluding hydrogens is 482 g/mol. The minimum absolute atomic E-state index is 0.0303. The molecule has 2 aromatic carbocycles. The van der Waals surface area contributed by atoms with Gasteiger partial charge in [0.2, 0.25) is 26.0 Å². The SMILES string of the molecule is O=C1CCCN1c1ccc(S(=O)(=O)NCCOc2ccc(S(=O)(=O)N3CCOCC3)cc2)cc1. The number of nitrogens with zero attached hydrogens (tertiary/aromatic N) is 2. The van der Waals surface area contributed by atoms with E-state index >= 15 is 0 Å². The highest BCUT2D eigenvalue weighted by Crippen LogP contribution is 2.23. The predicted molar refractivity (Wildman–Crippen MR) is 125 cm³/mol. The van der Waals surface area contributed by atoms with Gasteiger partial charge in [-0.25, -0.2) is 21.6 Å². The van der Waals surface area contributed by atoms with Crippen molar-refractivity contribution in [2.45, 2.75) is 22.6 Å². The minimum atomic E-state index is -3.74. The molecule has 34 heavy (non-hydrogen) atoms. The molecule has 12 heteroatoms. The highest BCUT2D eigenvalue weighted by atomic mass is 32.2. The monoisotopic (exact) mass is 509 g/mol. The molecule has 10 nitrogen and oxygen atoms in total. The van der Waals surface area contributed by atoms with E-state index < -0.39 is 20.0 Å². The van der Waals surface area contributed by atoms with Gasteiger partial charge in [0.1, 0.15) is 12.4 Å². The van der Waals surface area contributed by atoms with Crippen molar-refractivity contribution >= 4 is 31.6 Å². The summed E-state index contributed by atoms with van der Waals surface area (Å²) in [6.07, 6.45) is 1.31. The van der Waals surface area contributed by atoms with Crippen LogP contribution in [0.4, 0.5) is 5.69 Å². The number of hydrogen-bond acceptors (Lipinski definition) is 7. The summed E-state index contributed by atoms with van der Waals surface area (Å²) in [7, 11) is -7.32. The fraction of sp³-hybridized carbons (Fsp3) is 0.409. The number of benzene rings is 2. The highest BCUT2D eigenvalue weighted by molar-refractivity contribution is 7.89. The molecule has 1 amide bonds. The van der Waals surface area contributed by atoms with Gasteiger partial charge in [0, 0.05) is 38.3 Å². The predicted octanol–water partition coefficient (Wildman–Crippen LogP) is 1.19. The maximum atomic E-state index is 12.6. The molecule has 0 bridgehead atoms. The molecule has 0 radical (unpaired) electrons. The van der Waals surface area contributed by atoms with Gasteiger partial charge >= 0.3 is 0 Å². The Balaban J connectivity index is 1.27. The molecule has 0 unspecified atom stereocenters. The zero-order valence-corrected chi connectivity index (χ0v) is 20.2. The number of anilines is 1. The molecule has 2 aromatic rings. The van der Waals surface area contributed by atoms with Gasteiger partial charge in [-0.05, 0) is 55.0 Å². The topological polar surface area (TPSA) is 122 Å². The molecule has 2 fully saturated rings. The molecule has 2 heterocycles. The zero-order chi connectivity index (χ0) is 24.2. The first-order valence-corrected chi connectivity index (χ1v) is 13.9. The van der Waals surface area contributed by atoms with Crippen LogP contribution in [0.2, 0.25) is 0 Å². The van der Waals surface area contributed by atoms with Crippen LogP contribution in [0.3, 0.4) is 0 Å². The Morgan fingerprint density at radius 1 is 0.882 bits per heavy atom. The van der Waals surface area contributed by atoms with Gasteiger partial charge in [-0.1, -0.05) is 0 Å². The van der Waals surface area contributed by atoms with Gasteiger partial charge in [0.05, 0.1) is 23.0 Å². The van der Waals surface area contributed by atoms with Crippen molar-refractivity contribution in [3.63, 3.8) is 0 Å². The maximum Gasteiger partial charge on any atom is 0.243 e. The van der Waals surface area contributed by atoms with Crippen molar-refractivity contribution in [3.05, 3.63) is 48.5 Å². The van der Waals surface area contributed by atoms with Gasteiger partial charge in [-0.2, -0.15) is 4.31 Å². The summed E-state index contributed by atoms with van der Waals surface area (Å²) in [5, 5.41) is 0. The van der Waals surface area contributed by atoms with Crippen molar-refractivity contribution < 1.29 is 31.1 Å². The van der Waals surface area contributed by atoms with Crippen LogP contribution in [0, 0.1) is 0 Å². The van der Waals surface area contributed by atoms with Crippen LogP contribution >= 0.6 is 0 Å². The van der Waals surface area contributed by atoms with E-state index in [0.29, 0.717) is 50.7 Å². The third kappa shape index (κ3) is 5.58. The molecular formula is C22H27N3O7S2. The molecule has 0 aliphatic carbocycles. The van der Waals surface area contributed by atoms with Gasteiger partial charge < -0.3 is 14.4 Å². The van der Waals surface area contributed by atoms with E-state index in [-0.39, 0.29) is 28.8 Å². The summed E-state index contributed by atoms with van der Waals surface area (Å²) in [6.45, 7) is 2.12. The van der Waals surface area contributed by atoms with E-state index in [1.54, 1.807) is 29.2 Å². The highest BCUT2D eigenvalue weighted by Gasteiger charge is 2.26. The Morgan fingerprint density at radius 2 is 1.53 bits per heavy atom. The Hall–Kier alpha value is -2.51. The smallest absolute Gasteiger partial charge is 0.243 e. The Bertz CT molecular complexity index is 1210. The van der Waals surface area contributed by atoms with Crippen molar-refractivity contribution in [3.8, 4) is 5.75 Å². The second kappa shape index (κ2) is 10.4. The van der Waals surface area contributed by atoms with Crippen LogP contribution in [0.25, 0.3) is 0 Å². The fourth-order valence-corrected chi connectivity index (χ4v) is 6.22. The lowest BCUT2D eigenvalue weighted by molar-refractivity contribution is -0.117. The van der Waals surface area contributed by atoms with Crippen molar-refractivity contribution in [2.24, 2.45) is 0 Å². The van der Waals surface area contributed by atoms with E-state index in [1.807, 2.05) is 0 Å². The summed E-state index contributed by atoms with van der Waals surface area (Å²) in [6, 6.07) is 12.2. The molecule has 0 aromatic heterocycles. The summed E-state index contributed by atoms with van der Waals surface area (Å²) in [4.78, 5) is 13.7. The normalized spacial score (nSPS) is 17.8. The molecule has 2 aliphatic rings. The average molecular weight is 510 g/mol. The van der Waals surface area contributed by atoms with Crippen molar-refractivity contribution in [2.75, 3.05) is 50.9 Å². The fourth-order valence-electron chi connectivity index (χ4n) is 3.80. The zero-order valence-electron chi connectivity index (χ0n) is 18.6. The van der Waals surface area contributed by atoms with E-state index in [1.165, 1.54) is 28.6 Å². The molecule has 1 N–H and O–H groups in total. The lowest BCUT2D eigenvalue weighted by Crippen LogP contribution is -2.40. The second-order valence-corrected chi connectivity index (χ2v) is 11.6. The van der Waals surface area contributed by atoms with Crippen molar-refractivity contribution in [1.82, 2.24) is 9.03 Å². The number of hydrogen-bond donors (Lipinski definition) is 1. The van der Waals surface area contributed by atoms with Gasteiger partial charge in [0.15, 0.2) is 0 Å². The Kier molecular flexibility index (Phi) is 7.53. The lowest BCUT2D eigenvalue weighted by atomic mass is 10.3. The summed E-state index contributed by atoms with van der Waals surface area (Å²) < 4.78 is 64.9. The van der Waals surface area contributed by atoms with Gasteiger partial charge in [0.25, 0.3) is 0 Å². The summed E-state index contributed by atoms with van der Waals surface area (Å²) >= 11 is 0. The van der Waals surface area contributed by atoms with Gasteiger partial charge in [-0.3, -0.25) is 4.79 Å². The minimum Gasteiger partial charge on any atom is -0.492 e. The molecule has 0 saturated carbocycles. The van der Waals surface area contributed by atoms with E-state index in [2.05, 4.69) is 4.72 Å². The molecule has 0 atom stereocenters. The van der Waals surface area contributed by atoms with Crippen LogP contribution in [0.15, 0.2) is 58.3 Å². The van der Waals surface area contributed by atoms with Crippen LogP contribution in [-0.4, -0.2) is 73.0 Å². The third-order valence-corrected chi connectivity index (χ3v) is 9.02. The van der Waals surface area contributed by atoms with E-state index in [4.69, 9.17) is 9.47 Å². The molecule has 4 rings (SSSR count). The standard InChI is InChI=1S/C22H27N3O7S2/c26-22-2-1-12-25(22)18-3-7-20(8-4-18)33(27,28)23-11-15-32-19-5-9-21(10-6-19)34(29,30)24-13-16-31-17-14-24/h3-10,23H,1-2,11-17H2. The first-order valence-electron chi connectivity index (χ1n) is 11.0. The second-order valence-electron chi connectivity index (χ2n) is 7.88. The first-order chi connectivity index (χ1) is 16.3. The molecule has 2 aliphatic heterocycles. The van der Waals surface area contributed by atoms with Crippen molar-refractivity contribution in [1.29, 1.82) is 0 Å². The average Bonchev–Trinajstić information content (AvgIpc) is 3.28. The molecule has 184 valence electrons. The summed E-state index contributed by atoms with van der Waals surface area (Å²) in [5.41, 5.74) is 0.684. The number of morpholine rings is 1. The number of sulfonamides is 2. The Labute approximate surface area is 199 Å². The van der Waals surface area contributed by atoms with E-state index in [0.717, 1.165) is 6.42 Å². The van der Waals surface area contributed by atoms with Crippen LogP contribution < -0.4 is 14.4 Å². The number of carbonyl (C=O) groups is 1. The first kappa shape index (κ1) is 24.6. The number of carbonyl (C=O) groups excluding carboxylic acids is 1. The summed E-state index contributed by atoms with van der Waals surface area (Å²) in [5.74, 6) is 0.470.